The second-order valence-corrected chi connectivity index (χ2v) is 4.81. The zero-order valence-electron chi connectivity index (χ0n) is 8.68. The maximum absolute atomic E-state index is 13.2. The van der Waals surface area contributed by atoms with Crippen molar-refractivity contribution in [2.24, 2.45) is 0 Å². The molecule has 0 saturated carbocycles. The van der Waals surface area contributed by atoms with E-state index in [9.17, 15) is 4.39 Å². The fraction of sp³-hybridized carbons (Fsp3) is 0. The van der Waals surface area contributed by atoms with Gasteiger partial charge in [0.15, 0.2) is 0 Å². The Labute approximate surface area is 112 Å². The maximum atomic E-state index is 13.2. The first-order valence-electron chi connectivity index (χ1n) is 4.83. The molecule has 0 fully saturated rings. The van der Waals surface area contributed by atoms with E-state index in [0.717, 1.165) is 10.2 Å². The van der Waals surface area contributed by atoms with Crippen molar-refractivity contribution in [2.75, 3.05) is 11.1 Å². The van der Waals surface area contributed by atoms with Gasteiger partial charge in [0.2, 0.25) is 0 Å². The van der Waals surface area contributed by atoms with Crippen LogP contribution in [-0.2, 0) is 0 Å². The molecule has 0 bridgehead atoms. The van der Waals surface area contributed by atoms with Crippen molar-refractivity contribution in [2.45, 2.75) is 0 Å². The van der Waals surface area contributed by atoms with Crippen LogP contribution < -0.4 is 11.1 Å². The van der Waals surface area contributed by atoms with E-state index in [0.29, 0.717) is 16.4 Å². The average Bonchev–Trinajstić information content (AvgIpc) is 2.22. The van der Waals surface area contributed by atoms with Gasteiger partial charge in [0, 0.05) is 20.9 Å². The number of halogens is 3. The van der Waals surface area contributed by atoms with E-state index < -0.39 is 0 Å². The van der Waals surface area contributed by atoms with Gasteiger partial charge in [0.1, 0.15) is 5.82 Å². The Morgan fingerprint density at radius 1 is 1.18 bits per heavy atom. The topological polar surface area (TPSA) is 38.0 Å². The summed E-state index contributed by atoms with van der Waals surface area (Å²) in [7, 11) is 0. The summed E-state index contributed by atoms with van der Waals surface area (Å²) in [6.07, 6.45) is 0. The minimum absolute atomic E-state index is 0.366. The summed E-state index contributed by atoms with van der Waals surface area (Å²) in [5, 5.41) is 3.64. The molecule has 0 spiro atoms. The first kappa shape index (κ1) is 12.2. The van der Waals surface area contributed by atoms with Crippen molar-refractivity contribution in [1.82, 2.24) is 0 Å². The van der Waals surface area contributed by atoms with Gasteiger partial charge in [-0.2, -0.15) is 0 Å². The molecule has 2 nitrogen and oxygen atoms in total. The van der Waals surface area contributed by atoms with Crippen LogP contribution in [0.3, 0.4) is 0 Å². The SMILES string of the molecule is Nc1cc(F)cc(Nc2cc(Cl)ccc2Br)c1. The summed E-state index contributed by atoms with van der Waals surface area (Å²) in [6, 6.07) is 9.59. The Balaban J connectivity index is 2.34. The lowest BCUT2D eigenvalue weighted by Crippen LogP contribution is -1.94. The highest BCUT2D eigenvalue weighted by Gasteiger charge is 2.03. The van der Waals surface area contributed by atoms with Crippen LogP contribution in [0.25, 0.3) is 0 Å². The highest BCUT2D eigenvalue weighted by molar-refractivity contribution is 9.10. The molecule has 0 aliphatic carbocycles. The summed E-state index contributed by atoms with van der Waals surface area (Å²) in [5.74, 6) is -0.384. The number of nitrogens with two attached hydrogens (primary N) is 1. The zero-order valence-corrected chi connectivity index (χ0v) is 11.0. The third-order valence-corrected chi connectivity index (χ3v) is 3.05. The minimum atomic E-state index is -0.384. The van der Waals surface area contributed by atoms with Gasteiger partial charge in [0.05, 0.1) is 5.69 Å². The molecule has 17 heavy (non-hydrogen) atoms. The number of hydrogen-bond acceptors (Lipinski definition) is 2. The van der Waals surface area contributed by atoms with Crippen molar-refractivity contribution in [3.8, 4) is 0 Å². The van der Waals surface area contributed by atoms with Crippen molar-refractivity contribution >= 4 is 44.6 Å². The number of hydrogen-bond donors (Lipinski definition) is 2. The van der Waals surface area contributed by atoms with Crippen LogP contribution in [-0.4, -0.2) is 0 Å². The number of benzene rings is 2. The molecular formula is C12H9BrClFN2. The van der Waals surface area contributed by atoms with Crippen molar-refractivity contribution < 1.29 is 4.39 Å². The molecule has 3 N–H and O–H groups in total. The van der Waals surface area contributed by atoms with Crippen LogP contribution >= 0.6 is 27.5 Å². The first-order chi connectivity index (χ1) is 8.04. The number of nitrogen functional groups attached to an aromatic ring is 1. The average molecular weight is 316 g/mol. The largest absolute Gasteiger partial charge is 0.399 e. The zero-order chi connectivity index (χ0) is 12.4. The van der Waals surface area contributed by atoms with Crippen molar-refractivity contribution in [1.29, 1.82) is 0 Å². The Morgan fingerprint density at radius 3 is 2.65 bits per heavy atom. The third kappa shape index (κ3) is 3.11. The van der Waals surface area contributed by atoms with Gasteiger partial charge >= 0.3 is 0 Å². The van der Waals surface area contributed by atoms with E-state index in [4.69, 9.17) is 17.3 Å². The third-order valence-electron chi connectivity index (χ3n) is 2.13. The molecule has 5 heteroatoms. The predicted molar refractivity (Wildman–Crippen MR) is 73.2 cm³/mol. The standard InChI is InChI=1S/C12H9BrClFN2/c13-11-2-1-7(14)3-12(11)17-10-5-8(15)4-9(16)6-10/h1-6,17H,16H2. The van der Waals surface area contributed by atoms with Gasteiger partial charge in [-0.1, -0.05) is 11.6 Å². The summed E-state index contributed by atoms with van der Waals surface area (Å²) in [6.45, 7) is 0. The normalized spacial score (nSPS) is 10.3. The summed E-state index contributed by atoms with van der Waals surface area (Å²) < 4.78 is 14.0. The number of nitrogens with one attached hydrogen (secondary N) is 1. The molecule has 88 valence electrons. The van der Waals surface area contributed by atoms with Crippen LogP contribution in [0.1, 0.15) is 0 Å². The Hall–Kier alpha value is -1.26. The van der Waals surface area contributed by atoms with E-state index in [2.05, 4.69) is 21.2 Å². The molecule has 0 saturated heterocycles. The minimum Gasteiger partial charge on any atom is -0.399 e. The van der Waals surface area contributed by atoms with Gasteiger partial charge in [-0.15, -0.1) is 0 Å². The van der Waals surface area contributed by atoms with Gasteiger partial charge in [0.25, 0.3) is 0 Å². The number of anilines is 3. The summed E-state index contributed by atoms with van der Waals surface area (Å²) >= 11 is 9.26. The van der Waals surface area contributed by atoms with Crippen LogP contribution in [0, 0.1) is 5.82 Å². The molecule has 0 atom stereocenters. The first-order valence-corrected chi connectivity index (χ1v) is 6.00. The van der Waals surface area contributed by atoms with E-state index in [-0.39, 0.29) is 5.82 Å². The fourth-order valence-electron chi connectivity index (χ4n) is 1.43. The second-order valence-electron chi connectivity index (χ2n) is 3.52. The Bertz CT molecular complexity index is 540. The summed E-state index contributed by atoms with van der Waals surface area (Å²) in [4.78, 5) is 0. The number of rotatable bonds is 2. The molecule has 2 rings (SSSR count). The molecule has 0 aliphatic heterocycles. The van der Waals surface area contributed by atoms with E-state index in [1.54, 1.807) is 18.2 Å². The van der Waals surface area contributed by atoms with E-state index in [1.807, 2.05) is 6.07 Å². The highest BCUT2D eigenvalue weighted by Crippen LogP contribution is 2.29. The van der Waals surface area contributed by atoms with Crippen LogP contribution in [0.5, 0.6) is 0 Å². The van der Waals surface area contributed by atoms with Gasteiger partial charge < -0.3 is 11.1 Å². The van der Waals surface area contributed by atoms with Crippen LogP contribution in [0.15, 0.2) is 40.9 Å². The molecular weight excluding hydrogens is 307 g/mol. The smallest absolute Gasteiger partial charge is 0.127 e. The maximum Gasteiger partial charge on any atom is 0.127 e. The molecule has 0 heterocycles. The predicted octanol–water partition coefficient (Wildman–Crippen LogP) is 4.57. The molecule has 0 amide bonds. The quantitative estimate of drug-likeness (QED) is 0.797. The van der Waals surface area contributed by atoms with Gasteiger partial charge in [-0.25, -0.2) is 4.39 Å². The molecule has 0 unspecified atom stereocenters. The molecule has 0 aliphatic rings. The molecule has 2 aromatic carbocycles. The lowest BCUT2D eigenvalue weighted by molar-refractivity contribution is 0.629. The van der Waals surface area contributed by atoms with Gasteiger partial charge in [-0.05, 0) is 52.3 Å². The Morgan fingerprint density at radius 2 is 1.94 bits per heavy atom. The van der Waals surface area contributed by atoms with E-state index >= 15 is 0 Å². The highest BCUT2D eigenvalue weighted by atomic mass is 79.9. The molecule has 0 radical (unpaired) electrons. The lowest BCUT2D eigenvalue weighted by atomic mass is 10.2. The fourth-order valence-corrected chi connectivity index (χ4v) is 1.95. The van der Waals surface area contributed by atoms with Gasteiger partial charge in [-0.3, -0.25) is 0 Å². The summed E-state index contributed by atoms with van der Waals surface area (Å²) in [5.41, 5.74) is 7.26. The lowest BCUT2D eigenvalue weighted by Gasteiger charge is -2.09. The molecule has 2 aromatic rings. The van der Waals surface area contributed by atoms with E-state index in [1.165, 1.54) is 12.1 Å². The van der Waals surface area contributed by atoms with Crippen LogP contribution in [0.4, 0.5) is 21.5 Å². The second kappa shape index (κ2) is 4.94. The Kier molecular flexibility index (Phi) is 3.54. The molecule has 0 aromatic heterocycles. The van der Waals surface area contributed by atoms with Crippen LogP contribution in [0.2, 0.25) is 5.02 Å². The van der Waals surface area contributed by atoms with Crippen molar-refractivity contribution in [3.63, 3.8) is 0 Å². The van der Waals surface area contributed by atoms with Crippen molar-refractivity contribution in [3.05, 3.63) is 51.7 Å². The monoisotopic (exact) mass is 314 g/mol.